The van der Waals surface area contributed by atoms with Crippen molar-refractivity contribution in [1.29, 1.82) is 0 Å². The van der Waals surface area contributed by atoms with E-state index in [0.717, 1.165) is 32.7 Å². The van der Waals surface area contributed by atoms with Gasteiger partial charge in [0.2, 0.25) is 0 Å². The molecule has 4 nitrogen and oxygen atoms in total. The Bertz CT molecular complexity index is 300. The highest BCUT2D eigenvalue weighted by atomic mass is 16.5. The third kappa shape index (κ3) is 6.19. The van der Waals surface area contributed by atoms with Crippen LogP contribution in [0, 0.1) is 0 Å². The van der Waals surface area contributed by atoms with E-state index in [2.05, 4.69) is 35.1 Å². The molecule has 0 bridgehead atoms. The molecule has 0 fully saturated rings. The summed E-state index contributed by atoms with van der Waals surface area (Å²) >= 11 is 0. The fourth-order valence-corrected chi connectivity index (χ4v) is 1.83. The van der Waals surface area contributed by atoms with Gasteiger partial charge in [0.1, 0.15) is 0 Å². The number of aryl methyl sites for hydroxylation is 1. The van der Waals surface area contributed by atoms with Crippen molar-refractivity contribution in [3.63, 3.8) is 0 Å². The van der Waals surface area contributed by atoms with Gasteiger partial charge in [0.15, 0.2) is 0 Å². The van der Waals surface area contributed by atoms with Gasteiger partial charge in [-0.2, -0.15) is 0 Å². The van der Waals surface area contributed by atoms with Crippen molar-refractivity contribution in [2.45, 2.75) is 32.9 Å². The van der Waals surface area contributed by atoms with E-state index in [1.54, 1.807) is 7.11 Å². The second-order valence-corrected chi connectivity index (χ2v) is 4.33. The highest BCUT2D eigenvalue weighted by Crippen LogP contribution is 2.03. The monoisotopic (exact) mass is 254 g/mol. The maximum atomic E-state index is 5.40. The van der Waals surface area contributed by atoms with Crippen molar-refractivity contribution in [3.05, 3.63) is 24.0 Å². The van der Waals surface area contributed by atoms with Gasteiger partial charge < -0.3 is 19.4 Å². The normalized spacial score (nSPS) is 11.0. The summed E-state index contributed by atoms with van der Waals surface area (Å²) in [5, 5.41) is 3.45. The number of hydrogen-bond acceptors (Lipinski definition) is 3. The van der Waals surface area contributed by atoms with Crippen LogP contribution in [0.2, 0.25) is 0 Å². The molecule has 0 aliphatic rings. The number of nitrogens with one attached hydrogen (secondary N) is 1. The fraction of sp³-hybridized carbons (Fsp3) is 0.714. The maximum Gasteiger partial charge on any atom is 0.0700 e. The highest BCUT2D eigenvalue weighted by molar-refractivity contribution is 5.06. The Kier molecular flexibility index (Phi) is 8.55. The van der Waals surface area contributed by atoms with Crippen molar-refractivity contribution in [1.82, 2.24) is 9.88 Å². The molecule has 0 saturated carbocycles. The molecule has 0 radical (unpaired) electrons. The Morgan fingerprint density at radius 2 is 2.17 bits per heavy atom. The molecule has 1 N–H and O–H groups in total. The zero-order valence-corrected chi connectivity index (χ0v) is 11.7. The average molecular weight is 254 g/mol. The zero-order chi connectivity index (χ0) is 13.1. The molecule has 0 spiro atoms. The first kappa shape index (κ1) is 15.2. The van der Waals surface area contributed by atoms with E-state index in [1.165, 1.54) is 12.1 Å². The van der Waals surface area contributed by atoms with E-state index < -0.39 is 0 Å². The van der Waals surface area contributed by atoms with Crippen LogP contribution in [-0.4, -0.2) is 38.0 Å². The quantitative estimate of drug-likeness (QED) is 0.614. The smallest absolute Gasteiger partial charge is 0.0700 e. The number of aromatic nitrogens is 1. The average Bonchev–Trinajstić information content (AvgIpc) is 2.81. The van der Waals surface area contributed by atoms with Crippen LogP contribution in [0.3, 0.4) is 0 Å². The molecule has 18 heavy (non-hydrogen) atoms. The van der Waals surface area contributed by atoms with Crippen LogP contribution >= 0.6 is 0 Å². The number of methoxy groups -OCH3 is 1. The summed E-state index contributed by atoms with van der Waals surface area (Å²) in [4.78, 5) is 0. The van der Waals surface area contributed by atoms with Gasteiger partial charge in [-0.25, -0.2) is 0 Å². The molecule has 0 atom stereocenters. The van der Waals surface area contributed by atoms with Gasteiger partial charge in [-0.15, -0.1) is 0 Å². The summed E-state index contributed by atoms with van der Waals surface area (Å²) in [5.41, 5.74) is 1.36. The Labute approximate surface area is 110 Å². The SMILES string of the molecule is CCCn1cccc1CNCCCOCCOC. The number of rotatable bonds is 11. The minimum Gasteiger partial charge on any atom is -0.382 e. The molecule has 1 heterocycles. The van der Waals surface area contributed by atoms with E-state index in [9.17, 15) is 0 Å². The fourth-order valence-electron chi connectivity index (χ4n) is 1.83. The van der Waals surface area contributed by atoms with Gasteiger partial charge in [-0.05, 0) is 31.5 Å². The maximum absolute atomic E-state index is 5.40. The molecular weight excluding hydrogens is 228 g/mol. The topological polar surface area (TPSA) is 35.4 Å². The van der Waals surface area contributed by atoms with Crippen LogP contribution in [-0.2, 0) is 22.6 Å². The molecule has 0 aromatic carbocycles. The Hall–Kier alpha value is -0.840. The molecule has 0 aliphatic carbocycles. The molecule has 0 unspecified atom stereocenters. The van der Waals surface area contributed by atoms with Gasteiger partial charge in [0.05, 0.1) is 13.2 Å². The lowest BCUT2D eigenvalue weighted by Crippen LogP contribution is -2.19. The van der Waals surface area contributed by atoms with Crippen LogP contribution in [0.5, 0.6) is 0 Å². The molecule has 104 valence electrons. The van der Waals surface area contributed by atoms with Gasteiger partial charge in [0, 0.05) is 38.7 Å². The summed E-state index contributed by atoms with van der Waals surface area (Å²) in [5.74, 6) is 0. The Balaban J connectivity index is 2.01. The molecule has 0 aliphatic heterocycles. The lowest BCUT2D eigenvalue weighted by molar-refractivity contribution is 0.0694. The third-order valence-corrected chi connectivity index (χ3v) is 2.77. The Morgan fingerprint density at radius 1 is 1.28 bits per heavy atom. The standard InChI is InChI=1S/C14H26N2O2/c1-3-8-16-9-4-6-14(16)13-15-7-5-10-18-12-11-17-2/h4,6,9,15H,3,5,7-8,10-13H2,1-2H3. The lowest BCUT2D eigenvalue weighted by Gasteiger charge is -2.09. The first-order valence-electron chi connectivity index (χ1n) is 6.80. The van der Waals surface area contributed by atoms with E-state index in [4.69, 9.17) is 9.47 Å². The van der Waals surface area contributed by atoms with Gasteiger partial charge in [-0.3, -0.25) is 0 Å². The van der Waals surface area contributed by atoms with Crippen LogP contribution in [0.4, 0.5) is 0 Å². The lowest BCUT2D eigenvalue weighted by atomic mass is 10.3. The first-order valence-corrected chi connectivity index (χ1v) is 6.80. The number of nitrogens with zero attached hydrogens (tertiary/aromatic N) is 1. The van der Waals surface area contributed by atoms with Crippen LogP contribution in [0.15, 0.2) is 18.3 Å². The van der Waals surface area contributed by atoms with E-state index in [-0.39, 0.29) is 0 Å². The van der Waals surface area contributed by atoms with Crippen molar-refractivity contribution >= 4 is 0 Å². The molecule has 1 aromatic rings. The summed E-state index contributed by atoms with van der Waals surface area (Å²) < 4.78 is 12.6. The van der Waals surface area contributed by atoms with Crippen LogP contribution in [0.25, 0.3) is 0 Å². The minimum absolute atomic E-state index is 0.679. The van der Waals surface area contributed by atoms with Crippen molar-refractivity contribution < 1.29 is 9.47 Å². The van der Waals surface area contributed by atoms with Gasteiger partial charge in [-0.1, -0.05) is 6.92 Å². The van der Waals surface area contributed by atoms with Crippen molar-refractivity contribution in [3.8, 4) is 0 Å². The summed E-state index contributed by atoms with van der Waals surface area (Å²) in [6, 6.07) is 4.29. The van der Waals surface area contributed by atoms with E-state index in [1.807, 2.05) is 0 Å². The number of hydrogen-bond donors (Lipinski definition) is 1. The highest BCUT2D eigenvalue weighted by Gasteiger charge is 1.98. The zero-order valence-electron chi connectivity index (χ0n) is 11.7. The number of ether oxygens (including phenoxy) is 2. The second kappa shape index (κ2) is 10.1. The van der Waals surface area contributed by atoms with Gasteiger partial charge in [0.25, 0.3) is 0 Å². The van der Waals surface area contributed by atoms with E-state index in [0.29, 0.717) is 13.2 Å². The minimum atomic E-state index is 0.679. The molecule has 0 saturated heterocycles. The summed E-state index contributed by atoms with van der Waals surface area (Å²) in [6.45, 7) is 7.40. The largest absolute Gasteiger partial charge is 0.382 e. The van der Waals surface area contributed by atoms with Crippen LogP contribution in [0.1, 0.15) is 25.5 Å². The van der Waals surface area contributed by atoms with E-state index >= 15 is 0 Å². The van der Waals surface area contributed by atoms with Crippen molar-refractivity contribution in [2.75, 3.05) is 33.5 Å². The summed E-state index contributed by atoms with van der Waals surface area (Å²) in [6.07, 6.45) is 4.36. The third-order valence-electron chi connectivity index (χ3n) is 2.77. The molecule has 0 amide bonds. The van der Waals surface area contributed by atoms with Crippen LogP contribution < -0.4 is 5.32 Å². The first-order chi connectivity index (χ1) is 8.88. The van der Waals surface area contributed by atoms with Crippen molar-refractivity contribution in [2.24, 2.45) is 0 Å². The Morgan fingerprint density at radius 3 is 2.94 bits per heavy atom. The molecular formula is C14H26N2O2. The van der Waals surface area contributed by atoms with Gasteiger partial charge >= 0.3 is 0 Å². The molecule has 4 heteroatoms. The predicted molar refractivity (Wildman–Crippen MR) is 73.7 cm³/mol. The summed E-state index contributed by atoms with van der Waals surface area (Å²) in [7, 11) is 1.69. The molecule has 1 aromatic heterocycles. The molecule has 1 rings (SSSR count). The predicted octanol–water partition coefficient (Wildman–Crippen LogP) is 2.04. The second-order valence-electron chi connectivity index (χ2n) is 4.33.